The fourth-order valence-electron chi connectivity index (χ4n) is 2.80. The van der Waals surface area contributed by atoms with Crippen LogP contribution in [-0.2, 0) is 9.53 Å². The molecule has 1 aliphatic heterocycles. The zero-order valence-electron chi connectivity index (χ0n) is 16.3. The van der Waals surface area contributed by atoms with E-state index < -0.39 is 0 Å². The van der Waals surface area contributed by atoms with Gasteiger partial charge in [-0.05, 0) is 29.8 Å². The van der Waals surface area contributed by atoms with E-state index in [1.807, 2.05) is 55.4 Å². The van der Waals surface area contributed by atoms with Gasteiger partial charge in [0.25, 0.3) is 5.91 Å². The van der Waals surface area contributed by atoms with E-state index in [2.05, 4.69) is 27.6 Å². The van der Waals surface area contributed by atoms with Gasteiger partial charge >= 0.3 is 0 Å². The van der Waals surface area contributed by atoms with Crippen molar-refractivity contribution in [1.29, 1.82) is 0 Å². The molecule has 0 spiro atoms. The van der Waals surface area contributed by atoms with E-state index in [4.69, 9.17) is 9.47 Å². The second-order valence-corrected chi connectivity index (χ2v) is 6.66. The number of carbonyl (C=O) groups excluding carboxylic acids is 1. The van der Waals surface area contributed by atoms with E-state index in [0.717, 1.165) is 43.2 Å². The van der Waals surface area contributed by atoms with Crippen molar-refractivity contribution in [2.45, 2.75) is 0 Å². The molecule has 1 saturated heterocycles. The zero-order valence-corrected chi connectivity index (χ0v) is 16.3. The summed E-state index contributed by atoms with van der Waals surface area (Å²) < 4.78 is 10.9. The Morgan fingerprint density at radius 2 is 1.96 bits per heavy atom. The van der Waals surface area contributed by atoms with Crippen molar-refractivity contribution in [3.05, 3.63) is 54.1 Å². The summed E-state index contributed by atoms with van der Waals surface area (Å²) in [5, 5.41) is 4.00. The van der Waals surface area contributed by atoms with Gasteiger partial charge in [-0.25, -0.2) is 5.43 Å². The average molecular weight is 382 g/mol. The van der Waals surface area contributed by atoms with E-state index in [1.54, 1.807) is 6.21 Å². The highest BCUT2D eigenvalue weighted by molar-refractivity contribution is 5.83. The number of morpholine rings is 1. The first-order valence-corrected chi connectivity index (χ1v) is 9.27. The first-order valence-electron chi connectivity index (χ1n) is 9.27. The first kappa shape index (κ1) is 19.7. The van der Waals surface area contributed by atoms with Crippen LogP contribution in [0.4, 0.5) is 11.4 Å². The van der Waals surface area contributed by atoms with Crippen molar-refractivity contribution < 1.29 is 14.3 Å². The highest BCUT2D eigenvalue weighted by atomic mass is 16.5. The van der Waals surface area contributed by atoms with Crippen molar-refractivity contribution in [1.82, 2.24) is 5.43 Å². The molecule has 0 aromatic heterocycles. The van der Waals surface area contributed by atoms with Gasteiger partial charge in [-0.3, -0.25) is 4.79 Å². The molecule has 2 aromatic carbocycles. The zero-order chi connectivity index (χ0) is 19.8. The van der Waals surface area contributed by atoms with E-state index in [9.17, 15) is 4.79 Å². The van der Waals surface area contributed by atoms with Crippen LogP contribution in [0.15, 0.2) is 53.6 Å². The molecule has 148 valence electrons. The number of nitrogens with zero attached hydrogens (tertiary/aromatic N) is 3. The Kier molecular flexibility index (Phi) is 6.86. The normalized spacial score (nSPS) is 14.1. The van der Waals surface area contributed by atoms with Gasteiger partial charge < -0.3 is 19.3 Å². The third-order valence-electron chi connectivity index (χ3n) is 4.38. The maximum absolute atomic E-state index is 11.9. The van der Waals surface area contributed by atoms with Crippen LogP contribution >= 0.6 is 0 Å². The maximum atomic E-state index is 11.9. The molecule has 0 unspecified atom stereocenters. The largest absolute Gasteiger partial charge is 0.484 e. The molecular formula is C21H26N4O3. The number of ether oxygens (including phenoxy) is 2. The van der Waals surface area contributed by atoms with Crippen LogP contribution < -0.4 is 20.0 Å². The van der Waals surface area contributed by atoms with Gasteiger partial charge in [-0.15, -0.1) is 0 Å². The van der Waals surface area contributed by atoms with Gasteiger partial charge in [0.1, 0.15) is 5.75 Å². The lowest BCUT2D eigenvalue weighted by atomic mass is 10.2. The molecule has 1 amide bonds. The van der Waals surface area contributed by atoms with Crippen LogP contribution in [0.3, 0.4) is 0 Å². The van der Waals surface area contributed by atoms with Crippen LogP contribution in [0.2, 0.25) is 0 Å². The van der Waals surface area contributed by atoms with E-state index in [0.29, 0.717) is 5.75 Å². The van der Waals surface area contributed by atoms with Gasteiger partial charge in [0.15, 0.2) is 6.61 Å². The Labute approximate surface area is 165 Å². The monoisotopic (exact) mass is 382 g/mol. The summed E-state index contributed by atoms with van der Waals surface area (Å²) in [7, 11) is 3.90. The Hall–Kier alpha value is -3.06. The van der Waals surface area contributed by atoms with Crippen LogP contribution in [0.1, 0.15) is 5.56 Å². The Morgan fingerprint density at radius 1 is 1.21 bits per heavy atom. The minimum Gasteiger partial charge on any atom is -0.484 e. The molecule has 0 saturated carbocycles. The molecule has 1 aliphatic rings. The topological polar surface area (TPSA) is 66.4 Å². The number of hydrogen-bond acceptors (Lipinski definition) is 6. The molecule has 7 heteroatoms. The van der Waals surface area contributed by atoms with E-state index in [1.165, 1.54) is 0 Å². The van der Waals surface area contributed by atoms with Crippen LogP contribution in [0, 0.1) is 0 Å². The first-order chi connectivity index (χ1) is 13.6. The molecule has 7 nitrogen and oxygen atoms in total. The lowest BCUT2D eigenvalue weighted by molar-refractivity contribution is -0.123. The van der Waals surface area contributed by atoms with Gasteiger partial charge in [0.2, 0.25) is 0 Å². The third kappa shape index (κ3) is 5.72. The predicted molar refractivity (Wildman–Crippen MR) is 111 cm³/mol. The number of nitrogens with one attached hydrogen (secondary N) is 1. The summed E-state index contributed by atoms with van der Waals surface area (Å²) in [5.41, 5.74) is 5.57. The Morgan fingerprint density at radius 3 is 2.68 bits per heavy atom. The minimum atomic E-state index is -0.309. The van der Waals surface area contributed by atoms with Crippen LogP contribution in [0.5, 0.6) is 5.75 Å². The van der Waals surface area contributed by atoms with Crippen LogP contribution in [-0.4, -0.2) is 59.1 Å². The van der Waals surface area contributed by atoms with E-state index in [-0.39, 0.29) is 12.5 Å². The molecule has 3 rings (SSSR count). The van der Waals surface area contributed by atoms with Crippen LogP contribution in [0.25, 0.3) is 0 Å². The van der Waals surface area contributed by atoms with Crippen molar-refractivity contribution in [3.63, 3.8) is 0 Å². The summed E-state index contributed by atoms with van der Waals surface area (Å²) >= 11 is 0. The number of hydrogen-bond donors (Lipinski definition) is 1. The molecule has 1 N–H and O–H groups in total. The predicted octanol–water partition coefficient (Wildman–Crippen LogP) is 2.12. The smallest absolute Gasteiger partial charge is 0.277 e. The minimum absolute atomic E-state index is 0.0931. The molecule has 1 heterocycles. The number of hydrazone groups is 1. The summed E-state index contributed by atoms with van der Waals surface area (Å²) in [6.45, 7) is 3.24. The molecule has 0 radical (unpaired) electrons. The van der Waals surface area contributed by atoms with Crippen molar-refractivity contribution in [3.8, 4) is 5.75 Å². The number of amides is 1. The molecule has 1 fully saturated rings. The molecule has 0 atom stereocenters. The maximum Gasteiger partial charge on any atom is 0.277 e. The lowest BCUT2D eigenvalue weighted by Gasteiger charge is -2.28. The highest BCUT2D eigenvalue weighted by Gasteiger charge is 2.10. The molecule has 0 aliphatic carbocycles. The SMILES string of the molecule is CN(C)c1cccc(OCC(=O)N/N=C/c2ccc(N3CCOCC3)cc2)c1. The van der Waals surface area contributed by atoms with Gasteiger partial charge in [0.05, 0.1) is 19.4 Å². The number of carbonyl (C=O) groups is 1. The Balaban J connectivity index is 1.45. The fourth-order valence-corrected chi connectivity index (χ4v) is 2.80. The summed E-state index contributed by atoms with van der Waals surface area (Å²) in [6.07, 6.45) is 1.62. The summed E-state index contributed by atoms with van der Waals surface area (Å²) in [5.74, 6) is 0.334. The van der Waals surface area contributed by atoms with Gasteiger partial charge in [-0.2, -0.15) is 5.10 Å². The Bertz CT molecular complexity index is 800. The van der Waals surface area contributed by atoms with Crippen molar-refractivity contribution >= 4 is 23.5 Å². The van der Waals surface area contributed by atoms with Crippen molar-refractivity contribution in [2.24, 2.45) is 5.10 Å². The second-order valence-electron chi connectivity index (χ2n) is 6.66. The summed E-state index contributed by atoms with van der Waals surface area (Å²) in [6, 6.07) is 15.6. The summed E-state index contributed by atoms with van der Waals surface area (Å²) in [4.78, 5) is 16.2. The standard InChI is InChI=1S/C21H26N4O3/c1-24(2)19-4-3-5-20(14-19)28-16-21(26)23-22-15-17-6-8-18(9-7-17)25-10-12-27-13-11-25/h3-9,14-15H,10-13,16H2,1-2H3,(H,23,26)/b22-15+. The fraction of sp³-hybridized carbons (Fsp3) is 0.333. The van der Waals surface area contributed by atoms with Gasteiger partial charge in [0, 0.05) is 44.6 Å². The van der Waals surface area contributed by atoms with Gasteiger partial charge in [-0.1, -0.05) is 18.2 Å². The average Bonchev–Trinajstić information content (AvgIpc) is 2.73. The number of anilines is 2. The van der Waals surface area contributed by atoms with E-state index >= 15 is 0 Å². The van der Waals surface area contributed by atoms with Crippen molar-refractivity contribution in [2.75, 3.05) is 56.8 Å². The molecule has 2 aromatic rings. The molecule has 28 heavy (non-hydrogen) atoms. The lowest BCUT2D eigenvalue weighted by Crippen LogP contribution is -2.36. The molecule has 0 bridgehead atoms. The number of benzene rings is 2. The highest BCUT2D eigenvalue weighted by Crippen LogP contribution is 2.19. The quantitative estimate of drug-likeness (QED) is 0.587. The molecular weight excluding hydrogens is 356 g/mol. The second kappa shape index (κ2) is 9.75. The third-order valence-corrected chi connectivity index (χ3v) is 4.38. The number of rotatable bonds is 7.